The van der Waals surface area contributed by atoms with E-state index in [1.807, 2.05) is 39.4 Å². The standard InChI is InChI=1S/C58H103N2O6P/c1-6-8-10-12-14-16-18-20-22-24-26-27-28-29-30-31-32-34-35-37-39-41-43-45-47-49-51-57(61)56(55-66-67(63,64)65-54-53-60(3,4)5)59-58(62)52-50-48-46-44-42-40-38-36-33-25-23-21-19-17-15-13-11-9-7-2/h9,11,15,17,21,23,33,36,40-43,46,48-49,51,56-57,61H,6-8,10,12-14,16,18-20,22,24-32,34-35,37-39,44-45,47,50,52-55H2,1-5H3,(H-,59,62,63,64)/b11-9-,17-15-,23-21-,36-33-,42-40-,43-41+,48-46-,51-49+. The minimum Gasteiger partial charge on any atom is -0.756 e. The fourth-order valence-electron chi connectivity index (χ4n) is 7.31. The molecular weight excluding hydrogens is 852 g/mol. The first-order chi connectivity index (χ1) is 32.5. The number of carbonyl (C=O) groups is 1. The van der Waals surface area contributed by atoms with Gasteiger partial charge in [0.2, 0.25) is 5.91 Å². The molecule has 0 aromatic carbocycles. The SMILES string of the molecule is CC/C=C\C/C=C\C/C=C\C/C=C\C/C=C\C/C=C\CCC(=O)NC(COP(=O)([O-])OCC[N+](C)(C)C)C(O)/C=C/CC/C=C/CCCCCCCCCCCCCCCCCCCCCC. The van der Waals surface area contributed by atoms with Gasteiger partial charge in [-0.1, -0.05) is 233 Å². The number of amides is 1. The van der Waals surface area contributed by atoms with Crippen LogP contribution in [0, 0.1) is 0 Å². The van der Waals surface area contributed by atoms with Crippen LogP contribution in [0.2, 0.25) is 0 Å². The highest BCUT2D eigenvalue weighted by atomic mass is 31.2. The molecule has 67 heavy (non-hydrogen) atoms. The number of rotatable bonds is 48. The van der Waals surface area contributed by atoms with Crippen LogP contribution < -0.4 is 10.2 Å². The molecule has 0 aromatic heterocycles. The second-order valence-corrected chi connectivity index (χ2v) is 20.6. The van der Waals surface area contributed by atoms with E-state index >= 15 is 0 Å². The Bertz CT molecular complexity index is 1410. The van der Waals surface area contributed by atoms with Crippen LogP contribution in [0.4, 0.5) is 0 Å². The summed E-state index contributed by atoms with van der Waals surface area (Å²) in [4.78, 5) is 25.4. The molecule has 0 rings (SSSR count). The summed E-state index contributed by atoms with van der Waals surface area (Å²) in [5.41, 5.74) is 0. The van der Waals surface area contributed by atoms with Gasteiger partial charge < -0.3 is 28.8 Å². The fourth-order valence-corrected chi connectivity index (χ4v) is 8.03. The van der Waals surface area contributed by atoms with E-state index in [4.69, 9.17) is 9.05 Å². The van der Waals surface area contributed by atoms with Crippen LogP contribution in [0.1, 0.15) is 213 Å². The van der Waals surface area contributed by atoms with E-state index in [0.717, 1.165) is 57.8 Å². The number of nitrogens with one attached hydrogen (secondary N) is 1. The zero-order valence-electron chi connectivity index (χ0n) is 43.8. The summed E-state index contributed by atoms with van der Waals surface area (Å²) in [6.07, 6.45) is 69.3. The molecule has 8 nitrogen and oxygen atoms in total. The molecule has 0 bridgehead atoms. The van der Waals surface area contributed by atoms with Crippen molar-refractivity contribution in [3.8, 4) is 0 Å². The predicted octanol–water partition coefficient (Wildman–Crippen LogP) is 15.6. The van der Waals surface area contributed by atoms with Gasteiger partial charge in [0.15, 0.2) is 0 Å². The largest absolute Gasteiger partial charge is 0.756 e. The molecule has 386 valence electrons. The fraction of sp³-hybridized carbons (Fsp3) is 0.707. The third-order valence-electron chi connectivity index (χ3n) is 11.5. The Morgan fingerprint density at radius 1 is 0.537 bits per heavy atom. The lowest BCUT2D eigenvalue weighted by Crippen LogP contribution is -2.45. The summed E-state index contributed by atoms with van der Waals surface area (Å²) in [6.45, 7) is 4.46. The van der Waals surface area contributed by atoms with Gasteiger partial charge >= 0.3 is 0 Å². The molecule has 0 aliphatic carbocycles. The van der Waals surface area contributed by atoms with Crippen LogP contribution in [-0.4, -0.2) is 68.5 Å². The van der Waals surface area contributed by atoms with Gasteiger partial charge in [0.05, 0.1) is 39.9 Å². The van der Waals surface area contributed by atoms with Gasteiger partial charge in [0, 0.05) is 6.42 Å². The van der Waals surface area contributed by atoms with Crippen molar-refractivity contribution in [3.05, 3.63) is 97.2 Å². The monoisotopic (exact) mass is 955 g/mol. The molecule has 3 atom stereocenters. The third-order valence-corrected chi connectivity index (χ3v) is 12.5. The molecule has 0 heterocycles. The molecule has 2 N–H and O–H groups in total. The van der Waals surface area contributed by atoms with Gasteiger partial charge in [-0.05, 0) is 70.6 Å². The number of likely N-dealkylation sites (N-methyl/N-ethyl adjacent to an activating group) is 1. The number of aliphatic hydroxyl groups is 1. The lowest BCUT2D eigenvalue weighted by Gasteiger charge is -2.29. The summed E-state index contributed by atoms with van der Waals surface area (Å²) in [5, 5.41) is 13.8. The first-order valence-corrected chi connectivity index (χ1v) is 28.6. The maximum atomic E-state index is 12.9. The summed E-state index contributed by atoms with van der Waals surface area (Å²) >= 11 is 0. The Morgan fingerprint density at radius 3 is 1.37 bits per heavy atom. The van der Waals surface area contributed by atoms with Gasteiger partial charge in [-0.25, -0.2) is 0 Å². The van der Waals surface area contributed by atoms with E-state index in [9.17, 15) is 19.4 Å². The van der Waals surface area contributed by atoms with Crippen molar-refractivity contribution in [1.82, 2.24) is 5.32 Å². The smallest absolute Gasteiger partial charge is 0.268 e. The predicted molar refractivity (Wildman–Crippen MR) is 288 cm³/mol. The van der Waals surface area contributed by atoms with E-state index in [0.29, 0.717) is 17.4 Å². The Labute approximate surface area is 413 Å². The van der Waals surface area contributed by atoms with Gasteiger partial charge in [-0.3, -0.25) is 9.36 Å². The number of quaternary nitrogens is 1. The van der Waals surface area contributed by atoms with Crippen LogP contribution >= 0.6 is 7.82 Å². The Morgan fingerprint density at radius 2 is 0.925 bits per heavy atom. The normalized spacial score (nSPS) is 14.8. The zero-order chi connectivity index (χ0) is 49.2. The Hall–Kier alpha value is -2.58. The summed E-state index contributed by atoms with van der Waals surface area (Å²) in [7, 11) is 1.18. The quantitative estimate of drug-likeness (QED) is 0.0272. The molecule has 1 amide bonds. The zero-order valence-corrected chi connectivity index (χ0v) is 44.7. The van der Waals surface area contributed by atoms with Crippen molar-refractivity contribution in [2.45, 2.75) is 225 Å². The minimum absolute atomic E-state index is 0.0250. The van der Waals surface area contributed by atoms with E-state index in [2.05, 4.69) is 92.1 Å². The highest BCUT2D eigenvalue weighted by Crippen LogP contribution is 2.38. The van der Waals surface area contributed by atoms with E-state index < -0.39 is 26.6 Å². The molecule has 0 aliphatic heterocycles. The molecule has 0 spiro atoms. The van der Waals surface area contributed by atoms with Crippen molar-refractivity contribution >= 4 is 13.7 Å². The Kier molecular flexibility index (Phi) is 46.6. The van der Waals surface area contributed by atoms with Crippen LogP contribution in [-0.2, 0) is 18.4 Å². The highest BCUT2D eigenvalue weighted by Gasteiger charge is 2.23. The molecule has 0 radical (unpaired) electrons. The number of carbonyl (C=O) groups excluding carboxylic acids is 1. The van der Waals surface area contributed by atoms with E-state index in [1.54, 1.807) is 6.08 Å². The van der Waals surface area contributed by atoms with E-state index in [-0.39, 0.29) is 18.9 Å². The number of phosphoric acid groups is 1. The lowest BCUT2D eigenvalue weighted by atomic mass is 10.0. The maximum absolute atomic E-state index is 12.9. The summed E-state index contributed by atoms with van der Waals surface area (Å²) < 4.78 is 23.2. The van der Waals surface area contributed by atoms with Crippen molar-refractivity contribution in [2.24, 2.45) is 0 Å². The van der Waals surface area contributed by atoms with Gasteiger partial charge in [0.25, 0.3) is 7.82 Å². The molecule has 0 saturated carbocycles. The van der Waals surface area contributed by atoms with Crippen molar-refractivity contribution in [1.29, 1.82) is 0 Å². The number of unbranched alkanes of at least 4 members (excludes halogenated alkanes) is 21. The van der Waals surface area contributed by atoms with Gasteiger partial charge in [0.1, 0.15) is 13.2 Å². The molecule has 0 fully saturated rings. The van der Waals surface area contributed by atoms with Crippen LogP contribution in [0.5, 0.6) is 0 Å². The third kappa shape index (κ3) is 51.1. The number of nitrogens with zero attached hydrogens (tertiary/aromatic N) is 1. The Balaban J connectivity index is 4.41. The van der Waals surface area contributed by atoms with Crippen molar-refractivity contribution < 1.29 is 32.9 Å². The van der Waals surface area contributed by atoms with E-state index in [1.165, 1.54) is 128 Å². The maximum Gasteiger partial charge on any atom is 0.268 e. The number of allylic oxidation sites excluding steroid dienone is 15. The van der Waals surface area contributed by atoms with Crippen LogP contribution in [0.3, 0.4) is 0 Å². The lowest BCUT2D eigenvalue weighted by molar-refractivity contribution is -0.870. The first-order valence-electron chi connectivity index (χ1n) is 27.1. The molecule has 0 aromatic rings. The average Bonchev–Trinajstić information content (AvgIpc) is 3.29. The van der Waals surface area contributed by atoms with Gasteiger partial charge in [-0.15, -0.1) is 0 Å². The number of hydrogen-bond acceptors (Lipinski definition) is 6. The summed E-state index contributed by atoms with van der Waals surface area (Å²) in [6, 6.07) is -0.951. The van der Waals surface area contributed by atoms with Crippen LogP contribution in [0.25, 0.3) is 0 Å². The number of hydrogen-bond donors (Lipinski definition) is 2. The topological polar surface area (TPSA) is 108 Å². The van der Waals surface area contributed by atoms with Gasteiger partial charge in [-0.2, -0.15) is 0 Å². The summed E-state index contributed by atoms with van der Waals surface area (Å²) in [5.74, 6) is -0.291. The second-order valence-electron chi connectivity index (χ2n) is 19.2. The molecular formula is C58H103N2O6P. The van der Waals surface area contributed by atoms with Crippen molar-refractivity contribution in [3.63, 3.8) is 0 Å². The second kappa shape index (κ2) is 48.4. The van der Waals surface area contributed by atoms with Crippen molar-refractivity contribution in [2.75, 3.05) is 40.9 Å². The minimum atomic E-state index is -4.63. The number of aliphatic hydroxyl groups excluding tert-OH is 1. The molecule has 0 saturated heterocycles. The first kappa shape index (κ1) is 64.4. The molecule has 3 unspecified atom stereocenters. The van der Waals surface area contributed by atoms with Crippen LogP contribution in [0.15, 0.2) is 97.2 Å². The highest BCUT2D eigenvalue weighted by molar-refractivity contribution is 7.45. The number of phosphoric ester groups is 1. The molecule has 9 heteroatoms. The average molecular weight is 955 g/mol. The molecule has 0 aliphatic rings.